The molecule has 0 unspecified atom stereocenters. The van der Waals surface area contributed by atoms with E-state index in [1.807, 2.05) is 0 Å². The van der Waals surface area contributed by atoms with Crippen LogP contribution in [0.4, 0.5) is 11.4 Å². The van der Waals surface area contributed by atoms with E-state index in [0.717, 1.165) is 11.8 Å². The fourth-order valence-corrected chi connectivity index (χ4v) is 3.32. The molecule has 2 aromatic rings. The van der Waals surface area contributed by atoms with Crippen molar-refractivity contribution in [3.05, 3.63) is 52.0 Å². The minimum atomic E-state index is -3.43. The molecule has 0 saturated carbocycles. The van der Waals surface area contributed by atoms with Gasteiger partial charge in [-0.25, -0.2) is 8.42 Å². The third-order valence-electron chi connectivity index (χ3n) is 3.42. The number of hydrogen-bond acceptors (Lipinski definition) is 4. The van der Waals surface area contributed by atoms with Gasteiger partial charge in [-0.3, -0.25) is 9.52 Å². The van der Waals surface area contributed by atoms with Crippen molar-refractivity contribution in [2.24, 2.45) is 0 Å². The molecule has 0 aromatic heterocycles. The fraction of sp³-hybridized carbons (Fsp3) is 0.235. The molecule has 0 aliphatic heterocycles. The highest BCUT2D eigenvalue weighted by molar-refractivity contribution is 7.92. The quantitative estimate of drug-likeness (QED) is 0.715. The molecule has 0 fully saturated rings. The van der Waals surface area contributed by atoms with Gasteiger partial charge in [-0.05, 0) is 36.2 Å². The van der Waals surface area contributed by atoms with Crippen molar-refractivity contribution in [2.45, 2.75) is 12.8 Å². The Labute approximate surface area is 162 Å². The molecule has 2 aromatic carbocycles. The van der Waals surface area contributed by atoms with Crippen molar-refractivity contribution in [1.29, 1.82) is 0 Å². The number of sulfonamides is 1. The number of benzene rings is 2. The maximum Gasteiger partial charge on any atom is 0.229 e. The molecular weight excluding hydrogens is 399 g/mol. The molecule has 0 heterocycles. The zero-order valence-corrected chi connectivity index (χ0v) is 16.5. The summed E-state index contributed by atoms with van der Waals surface area (Å²) in [6.45, 7) is 0. The number of hydrogen-bond donors (Lipinski definition) is 2. The molecule has 0 spiro atoms. The Balaban J connectivity index is 2.02. The summed E-state index contributed by atoms with van der Waals surface area (Å²) in [4.78, 5) is 12.1. The Bertz CT molecular complexity index is 917. The number of nitrogens with one attached hydrogen (secondary N) is 2. The molecule has 0 radical (unpaired) electrons. The number of anilines is 2. The third kappa shape index (κ3) is 6.09. The topological polar surface area (TPSA) is 84.5 Å². The molecule has 1 amide bonds. The van der Waals surface area contributed by atoms with Crippen LogP contribution in [0.15, 0.2) is 36.4 Å². The van der Waals surface area contributed by atoms with E-state index in [0.29, 0.717) is 33.6 Å². The predicted molar refractivity (Wildman–Crippen MR) is 105 cm³/mol. The van der Waals surface area contributed by atoms with Gasteiger partial charge in [0.1, 0.15) is 5.75 Å². The number of carbonyl (C=O) groups excluding carboxylic acids is 1. The van der Waals surface area contributed by atoms with Crippen molar-refractivity contribution in [3.63, 3.8) is 0 Å². The lowest BCUT2D eigenvalue weighted by Gasteiger charge is -2.12. The molecule has 2 rings (SSSR count). The molecule has 140 valence electrons. The summed E-state index contributed by atoms with van der Waals surface area (Å²) in [5.74, 6) is 0.0934. The molecule has 26 heavy (non-hydrogen) atoms. The monoisotopic (exact) mass is 416 g/mol. The van der Waals surface area contributed by atoms with Gasteiger partial charge in [0.25, 0.3) is 0 Å². The Morgan fingerprint density at radius 2 is 1.88 bits per heavy atom. The normalized spacial score (nSPS) is 11.1. The lowest BCUT2D eigenvalue weighted by molar-refractivity contribution is -0.116. The Kier molecular flexibility index (Phi) is 6.75. The molecule has 2 N–H and O–H groups in total. The SMILES string of the molecule is COc1cc(NC(=O)CCc2ccc(Cl)cc2Cl)ccc1NS(C)(=O)=O. The van der Waals surface area contributed by atoms with Gasteiger partial charge in [-0.1, -0.05) is 29.3 Å². The van der Waals surface area contributed by atoms with Crippen molar-refractivity contribution < 1.29 is 17.9 Å². The van der Waals surface area contributed by atoms with Crippen molar-refractivity contribution >= 4 is 50.5 Å². The average molecular weight is 417 g/mol. The number of rotatable bonds is 7. The summed E-state index contributed by atoms with van der Waals surface area (Å²) in [6, 6.07) is 9.79. The lowest BCUT2D eigenvalue weighted by atomic mass is 10.1. The summed E-state index contributed by atoms with van der Waals surface area (Å²) in [6.07, 6.45) is 1.74. The van der Waals surface area contributed by atoms with Crippen molar-refractivity contribution in [3.8, 4) is 5.75 Å². The molecule has 0 saturated heterocycles. The largest absolute Gasteiger partial charge is 0.494 e. The van der Waals surface area contributed by atoms with Crippen LogP contribution in [-0.2, 0) is 21.2 Å². The molecular formula is C17H18Cl2N2O4S. The predicted octanol–water partition coefficient (Wildman–Crippen LogP) is 3.94. The Morgan fingerprint density at radius 1 is 1.15 bits per heavy atom. The Morgan fingerprint density at radius 3 is 2.50 bits per heavy atom. The number of carbonyl (C=O) groups is 1. The van der Waals surface area contributed by atoms with Crippen LogP contribution < -0.4 is 14.8 Å². The van der Waals surface area contributed by atoms with Gasteiger partial charge in [-0.15, -0.1) is 0 Å². The van der Waals surface area contributed by atoms with Crippen LogP contribution in [0.1, 0.15) is 12.0 Å². The number of aryl methyl sites for hydroxylation is 1. The van der Waals surface area contributed by atoms with Crippen LogP contribution in [0, 0.1) is 0 Å². The summed E-state index contributed by atoms with van der Waals surface area (Å²) in [7, 11) is -2.02. The van der Waals surface area contributed by atoms with Gasteiger partial charge in [0.15, 0.2) is 0 Å². The summed E-state index contributed by atoms with van der Waals surface area (Å²) >= 11 is 11.9. The van der Waals surface area contributed by atoms with E-state index >= 15 is 0 Å². The first kappa shape index (κ1) is 20.4. The summed E-state index contributed by atoms with van der Waals surface area (Å²) < 4.78 is 30.2. The molecule has 0 aliphatic rings. The highest BCUT2D eigenvalue weighted by Crippen LogP contribution is 2.29. The lowest BCUT2D eigenvalue weighted by Crippen LogP contribution is -2.13. The van der Waals surface area contributed by atoms with Gasteiger partial charge in [0.05, 0.1) is 19.1 Å². The van der Waals surface area contributed by atoms with Crippen LogP contribution in [0.5, 0.6) is 5.75 Å². The van der Waals surface area contributed by atoms with E-state index in [2.05, 4.69) is 10.0 Å². The van der Waals surface area contributed by atoms with Gasteiger partial charge >= 0.3 is 0 Å². The number of halogens is 2. The second-order valence-corrected chi connectivity index (χ2v) is 8.17. The first-order valence-corrected chi connectivity index (χ1v) is 10.2. The van der Waals surface area contributed by atoms with E-state index in [1.54, 1.807) is 30.3 Å². The minimum absolute atomic E-state index is 0.207. The summed E-state index contributed by atoms with van der Waals surface area (Å²) in [5.41, 5.74) is 1.62. The molecule has 0 bridgehead atoms. The standard InChI is InChI=1S/C17H18Cl2N2O4S/c1-25-16-10-13(6-7-15(16)21-26(2,23)24)20-17(22)8-4-11-3-5-12(18)9-14(11)19/h3,5-7,9-10,21H,4,8H2,1-2H3,(H,20,22). The molecule has 6 nitrogen and oxygen atoms in total. The Hall–Kier alpha value is -1.96. The maximum atomic E-state index is 12.1. The minimum Gasteiger partial charge on any atom is -0.494 e. The van der Waals surface area contributed by atoms with E-state index in [4.69, 9.17) is 27.9 Å². The van der Waals surface area contributed by atoms with E-state index < -0.39 is 10.0 Å². The third-order valence-corrected chi connectivity index (χ3v) is 4.59. The van der Waals surface area contributed by atoms with Crippen molar-refractivity contribution in [2.75, 3.05) is 23.4 Å². The highest BCUT2D eigenvalue weighted by Gasteiger charge is 2.11. The molecule has 9 heteroatoms. The van der Waals surface area contributed by atoms with E-state index in [9.17, 15) is 13.2 Å². The first-order chi connectivity index (χ1) is 12.2. The average Bonchev–Trinajstić information content (AvgIpc) is 2.54. The maximum absolute atomic E-state index is 12.1. The zero-order chi connectivity index (χ0) is 19.3. The number of ether oxygens (including phenoxy) is 1. The number of amides is 1. The van der Waals surface area contributed by atoms with E-state index in [-0.39, 0.29) is 12.3 Å². The first-order valence-electron chi connectivity index (χ1n) is 7.57. The van der Waals surface area contributed by atoms with Crippen LogP contribution in [0.25, 0.3) is 0 Å². The van der Waals surface area contributed by atoms with Crippen LogP contribution in [0.3, 0.4) is 0 Å². The second kappa shape index (κ2) is 8.62. The zero-order valence-electron chi connectivity index (χ0n) is 14.2. The van der Waals surface area contributed by atoms with Crippen LogP contribution in [-0.4, -0.2) is 27.7 Å². The number of methoxy groups -OCH3 is 1. The van der Waals surface area contributed by atoms with E-state index in [1.165, 1.54) is 13.2 Å². The van der Waals surface area contributed by atoms with Gasteiger partial charge in [-0.2, -0.15) is 0 Å². The summed E-state index contributed by atoms with van der Waals surface area (Å²) in [5, 5.41) is 3.80. The van der Waals surface area contributed by atoms with Crippen LogP contribution in [0.2, 0.25) is 10.0 Å². The fourth-order valence-electron chi connectivity index (χ4n) is 2.25. The molecule has 0 aliphatic carbocycles. The van der Waals surface area contributed by atoms with Gasteiger partial charge in [0, 0.05) is 28.2 Å². The molecule has 0 atom stereocenters. The highest BCUT2D eigenvalue weighted by atomic mass is 35.5. The second-order valence-electron chi connectivity index (χ2n) is 5.57. The van der Waals surface area contributed by atoms with Crippen molar-refractivity contribution in [1.82, 2.24) is 0 Å². The smallest absolute Gasteiger partial charge is 0.229 e. The van der Waals surface area contributed by atoms with Crippen LogP contribution >= 0.6 is 23.2 Å². The van der Waals surface area contributed by atoms with Gasteiger partial charge < -0.3 is 10.1 Å². The van der Waals surface area contributed by atoms with Gasteiger partial charge in [0.2, 0.25) is 15.9 Å².